The highest BCUT2D eigenvalue weighted by Gasteiger charge is 2.52. The molecule has 1 aromatic rings. The Morgan fingerprint density at radius 3 is 2.44 bits per heavy atom. The zero-order valence-electron chi connectivity index (χ0n) is 15.6. The van der Waals surface area contributed by atoms with E-state index >= 15 is 0 Å². The monoisotopic (exact) mass is 366 g/mol. The van der Waals surface area contributed by atoms with Crippen molar-refractivity contribution in [2.45, 2.75) is 57.0 Å². The van der Waals surface area contributed by atoms with Gasteiger partial charge in [-0.3, -0.25) is 9.78 Å². The van der Waals surface area contributed by atoms with Crippen molar-refractivity contribution < 1.29 is 9.59 Å². The van der Waals surface area contributed by atoms with Gasteiger partial charge in [0.25, 0.3) is 5.91 Å². The normalized spacial score (nSPS) is 37.0. The molecule has 0 spiro atoms. The highest BCUT2D eigenvalue weighted by molar-refractivity contribution is 5.99. The van der Waals surface area contributed by atoms with Gasteiger partial charge in [-0.15, -0.1) is 0 Å². The van der Waals surface area contributed by atoms with Crippen LogP contribution in [0.2, 0.25) is 0 Å². The van der Waals surface area contributed by atoms with E-state index in [2.05, 4.69) is 20.9 Å². The standard InChI is InChI=1S/C21H26N4O2/c1-12-17(18(24-20(27)23-12)16-3-2-4-22-11-16)19(26)25-21-8-13-5-14(9-21)7-15(6-13)10-21/h2-4,11,13-15,18H,5-10H2,1H3,(H,25,26)(H2,23,24,27)/t13?,14?,15?,18-,21?/m1/s1. The van der Waals surface area contributed by atoms with E-state index in [4.69, 9.17) is 0 Å². The number of rotatable bonds is 3. The van der Waals surface area contributed by atoms with Gasteiger partial charge in [0.2, 0.25) is 0 Å². The zero-order valence-corrected chi connectivity index (χ0v) is 15.6. The molecule has 1 aromatic heterocycles. The Labute approximate surface area is 159 Å². The van der Waals surface area contributed by atoms with E-state index in [9.17, 15) is 9.59 Å². The molecule has 1 atom stereocenters. The topological polar surface area (TPSA) is 83.1 Å². The molecule has 0 saturated heterocycles. The van der Waals surface area contributed by atoms with Gasteiger partial charge in [0.15, 0.2) is 0 Å². The Morgan fingerprint density at radius 1 is 1.19 bits per heavy atom. The summed E-state index contributed by atoms with van der Waals surface area (Å²) in [4.78, 5) is 29.6. The molecule has 2 heterocycles. The molecule has 4 saturated carbocycles. The van der Waals surface area contributed by atoms with E-state index < -0.39 is 6.04 Å². The fourth-order valence-corrected chi connectivity index (χ4v) is 6.36. The minimum Gasteiger partial charge on any atom is -0.347 e. The van der Waals surface area contributed by atoms with Crippen LogP contribution < -0.4 is 16.0 Å². The Bertz CT molecular complexity index is 781. The predicted octanol–water partition coefficient (Wildman–Crippen LogP) is 2.79. The highest BCUT2D eigenvalue weighted by Crippen LogP contribution is 2.55. The Morgan fingerprint density at radius 2 is 1.85 bits per heavy atom. The molecule has 142 valence electrons. The number of carbonyl (C=O) groups excluding carboxylic acids is 2. The quantitative estimate of drug-likeness (QED) is 0.769. The van der Waals surface area contributed by atoms with Crippen molar-refractivity contribution in [2.75, 3.05) is 0 Å². The second-order valence-electron chi connectivity index (χ2n) is 9.01. The number of amides is 3. The van der Waals surface area contributed by atoms with E-state index in [1.165, 1.54) is 19.3 Å². The molecule has 6 heteroatoms. The van der Waals surface area contributed by atoms with Crippen molar-refractivity contribution in [1.82, 2.24) is 20.9 Å². The Kier molecular flexibility index (Phi) is 3.78. The van der Waals surface area contributed by atoms with E-state index in [-0.39, 0.29) is 17.5 Å². The summed E-state index contributed by atoms with van der Waals surface area (Å²) >= 11 is 0. The van der Waals surface area contributed by atoms with Gasteiger partial charge in [-0.25, -0.2) is 4.79 Å². The van der Waals surface area contributed by atoms with Crippen molar-refractivity contribution in [2.24, 2.45) is 17.8 Å². The fourth-order valence-electron chi connectivity index (χ4n) is 6.36. The molecule has 27 heavy (non-hydrogen) atoms. The summed E-state index contributed by atoms with van der Waals surface area (Å²) in [6.45, 7) is 1.80. The number of hydrogen-bond donors (Lipinski definition) is 3. The zero-order chi connectivity index (χ0) is 18.6. The van der Waals surface area contributed by atoms with Gasteiger partial charge in [0.05, 0.1) is 11.6 Å². The van der Waals surface area contributed by atoms with Crippen LogP contribution >= 0.6 is 0 Å². The molecule has 1 aliphatic heterocycles. The smallest absolute Gasteiger partial charge is 0.319 e. The Hall–Kier alpha value is -2.37. The van der Waals surface area contributed by atoms with Crippen LogP contribution in [0.25, 0.3) is 0 Å². The lowest BCUT2D eigenvalue weighted by atomic mass is 9.53. The molecular weight excluding hydrogens is 340 g/mol. The summed E-state index contributed by atoms with van der Waals surface area (Å²) in [5, 5.41) is 9.09. The van der Waals surface area contributed by atoms with Gasteiger partial charge in [-0.05, 0) is 74.8 Å². The second-order valence-corrected chi connectivity index (χ2v) is 9.01. The fraction of sp³-hybridized carbons (Fsp3) is 0.571. The van der Waals surface area contributed by atoms with Gasteiger partial charge < -0.3 is 16.0 Å². The van der Waals surface area contributed by atoms with Gasteiger partial charge >= 0.3 is 6.03 Å². The van der Waals surface area contributed by atoms with Gasteiger partial charge in [0.1, 0.15) is 0 Å². The van der Waals surface area contributed by atoms with Crippen molar-refractivity contribution in [3.8, 4) is 0 Å². The minimum absolute atomic E-state index is 0.0555. The lowest BCUT2D eigenvalue weighted by Gasteiger charge is -2.57. The van der Waals surface area contributed by atoms with Crippen molar-refractivity contribution in [3.63, 3.8) is 0 Å². The summed E-state index contributed by atoms with van der Waals surface area (Å²) in [6.07, 6.45) is 10.7. The number of nitrogens with one attached hydrogen (secondary N) is 3. The number of carbonyl (C=O) groups is 2. The average Bonchev–Trinajstić information content (AvgIpc) is 2.60. The van der Waals surface area contributed by atoms with E-state index in [0.29, 0.717) is 11.3 Å². The molecule has 5 aliphatic rings. The van der Waals surface area contributed by atoms with Crippen LogP contribution in [-0.2, 0) is 4.79 Å². The maximum absolute atomic E-state index is 13.4. The second kappa shape index (κ2) is 6.08. The third-order valence-electron chi connectivity index (χ3n) is 6.95. The molecule has 6 rings (SSSR count). The number of allylic oxidation sites excluding steroid dienone is 1. The summed E-state index contributed by atoms with van der Waals surface area (Å²) in [5.41, 5.74) is 1.98. The van der Waals surface area contributed by atoms with E-state index in [1.807, 2.05) is 12.1 Å². The van der Waals surface area contributed by atoms with Gasteiger partial charge in [0, 0.05) is 23.6 Å². The third kappa shape index (κ3) is 2.91. The highest BCUT2D eigenvalue weighted by atomic mass is 16.2. The molecular formula is C21H26N4O2. The number of pyridine rings is 1. The summed E-state index contributed by atoms with van der Waals surface area (Å²) in [6, 6.07) is 2.97. The van der Waals surface area contributed by atoms with Crippen molar-refractivity contribution >= 4 is 11.9 Å². The largest absolute Gasteiger partial charge is 0.347 e. The molecule has 3 N–H and O–H groups in total. The molecule has 0 aromatic carbocycles. The molecule has 4 aliphatic carbocycles. The first-order valence-electron chi connectivity index (χ1n) is 10.0. The average molecular weight is 366 g/mol. The maximum Gasteiger partial charge on any atom is 0.319 e. The van der Waals surface area contributed by atoms with Crippen LogP contribution in [0.4, 0.5) is 4.79 Å². The molecule has 0 unspecified atom stereocenters. The van der Waals surface area contributed by atoms with Crippen LogP contribution in [0.5, 0.6) is 0 Å². The summed E-state index contributed by atoms with van der Waals surface area (Å²) in [7, 11) is 0. The Balaban J connectivity index is 1.44. The van der Waals surface area contributed by atoms with E-state index in [0.717, 1.165) is 42.6 Å². The predicted molar refractivity (Wildman–Crippen MR) is 100 cm³/mol. The lowest BCUT2D eigenvalue weighted by Crippen LogP contribution is -2.61. The van der Waals surface area contributed by atoms with E-state index in [1.54, 1.807) is 19.3 Å². The van der Waals surface area contributed by atoms with Crippen molar-refractivity contribution in [1.29, 1.82) is 0 Å². The van der Waals surface area contributed by atoms with Crippen LogP contribution in [-0.4, -0.2) is 22.5 Å². The SMILES string of the molecule is CC1=C(C(=O)NC23CC4CC(CC(C4)C2)C3)[C@@H](c2cccnc2)NC(=O)N1. The first-order valence-corrected chi connectivity index (χ1v) is 10.0. The lowest BCUT2D eigenvalue weighted by molar-refractivity contribution is -0.123. The maximum atomic E-state index is 13.4. The van der Waals surface area contributed by atoms with Crippen LogP contribution in [0.15, 0.2) is 35.8 Å². The van der Waals surface area contributed by atoms with Crippen LogP contribution in [0, 0.1) is 17.8 Å². The third-order valence-corrected chi connectivity index (χ3v) is 6.95. The van der Waals surface area contributed by atoms with Gasteiger partial charge in [-0.2, -0.15) is 0 Å². The molecule has 4 fully saturated rings. The summed E-state index contributed by atoms with van der Waals surface area (Å²) < 4.78 is 0. The first-order chi connectivity index (χ1) is 13.0. The van der Waals surface area contributed by atoms with Gasteiger partial charge in [-0.1, -0.05) is 6.07 Å². The summed E-state index contributed by atoms with van der Waals surface area (Å²) in [5.74, 6) is 2.25. The molecule has 4 bridgehead atoms. The number of nitrogens with zero attached hydrogens (tertiary/aromatic N) is 1. The minimum atomic E-state index is -0.471. The first kappa shape index (κ1) is 16.8. The number of hydrogen-bond acceptors (Lipinski definition) is 3. The van der Waals surface area contributed by atoms with Crippen molar-refractivity contribution in [3.05, 3.63) is 41.4 Å². The number of urea groups is 1. The molecule has 0 radical (unpaired) electrons. The van der Waals surface area contributed by atoms with Crippen LogP contribution in [0.1, 0.15) is 57.1 Å². The molecule has 3 amide bonds. The van der Waals surface area contributed by atoms with Crippen LogP contribution in [0.3, 0.4) is 0 Å². The molecule has 6 nitrogen and oxygen atoms in total. The number of aromatic nitrogens is 1.